The van der Waals surface area contributed by atoms with Gasteiger partial charge in [0, 0.05) is 38.6 Å². The first-order valence-corrected chi connectivity index (χ1v) is 8.71. The largest absolute Gasteiger partial charge is 0.382 e. The van der Waals surface area contributed by atoms with Crippen LogP contribution in [0.2, 0.25) is 0 Å². The van der Waals surface area contributed by atoms with Gasteiger partial charge in [-0.25, -0.2) is 8.42 Å². The fraction of sp³-hybridized carbons (Fsp3) is 0.917. The second-order valence-electron chi connectivity index (χ2n) is 4.64. The summed E-state index contributed by atoms with van der Waals surface area (Å²) >= 11 is 0. The lowest BCUT2D eigenvalue weighted by molar-refractivity contribution is 0.146. The highest BCUT2D eigenvalue weighted by atomic mass is 127. The fourth-order valence-electron chi connectivity index (χ4n) is 1.28. The number of ether oxygens (including phenoxy) is 1. The van der Waals surface area contributed by atoms with Crippen molar-refractivity contribution < 1.29 is 13.2 Å². The third-order valence-electron chi connectivity index (χ3n) is 2.11. The summed E-state index contributed by atoms with van der Waals surface area (Å²) in [5.74, 6) is 0.750. The molecule has 0 atom stereocenters. The zero-order valence-corrected chi connectivity index (χ0v) is 16.0. The number of nitrogens with zero attached hydrogens (tertiary/aromatic N) is 1. The van der Waals surface area contributed by atoms with Crippen molar-refractivity contribution in [2.24, 2.45) is 4.99 Å². The second-order valence-corrected chi connectivity index (χ2v) is 6.90. The van der Waals surface area contributed by atoms with E-state index < -0.39 is 9.84 Å². The van der Waals surface area contributed by atoms with Gasteiger partial charge < -0.3 is 15.4 Å². The highest BCUT2D eigenvalue weighted by molar-refractivity contribution is 14.0. The van der Waals surface area contributed by atoms with E-state index in [-0.39, 0.29) is 35.8 Å². The summed E-state index contributed by atoms with van der Waals surface area (Å²) in [5.41, 5.74) is 0. The van der Waals surface area contributed by atoms with Crippen LogP contribution in [-0.2, 0) is 14.6 Å². The topological polar surface area (TPSA) is 79.8 Å². The molecule has 0 aromatic carbocycles. The first kappa shape index (κ1) is 22.2. The van der Waals surface area contributed by atoms with Gasteiger partial charge in [-0.15, -0.1) is 24.0 Å². The molecule has 0 unspecified atom stereocenters. The van der Waals surface area contributed by atoms with Crippen LogP contribution in [0.15, 0.2) is 4.99 Å². The third-order valence-corrected chi connectivity index (χ3v) is 3.06. The Bertz CT molecular complexity index is 359. The van der Waals surface area contributed by atoms with E-state index in [4.69, 9.17) is 4.74 Å². The number of hydrogen-bond acceptors (Lipinski definition) is 4. The van der Waals surface area contributed by atoms with Crippen molar-refractivity contribution in [3.8, 4) is 0 Å². The van der Waals surface area contributed by atoms with Gasteiger partial charge in [-0.2, -0.15) is 0 Å². The SMILES string of the molecule is CCOCCCN=C(NCCS(C)(=O)=O)NC(C)C.I. The molecule has 0 aromatic heterocycles. The molecule has 20 heavy (non-hydrogen) atoms. The predicted molar refractivity (Wildman–Crippen MR) is 94.8 cm³/mol. The number of nitrogens with one attached hydrogen (secondary N) is 2. The Labute approximate surface area is 140 Å². The number of aliphatic imine (C=N–C) groups is 1. The van der Waals surface area contributed by atoms with Crippen LogP contribution in [0, 0.1) is 0 Å². The molecule has 0 saturated carbocycles. The zero-order valence-electron chi connectivity index (χ0n) is 12.8. The van der Waals surface area contributed by atoms with E-state index in [9.17, 15) is 8.42 Å². The molecule has 8 heteroatoms. The maximum absolute atomic E-state index is 11.1. The van der Waals surface area contributed by atoms with Gasteiger partial charge >= 0.3 is 0 Å². The van der Waals surface area contributed by atoms with Gasteiger partial charge in [-0.05, 0) is 27.2 Å². The molecule has 0 rings (SSSR count). The number of guanidine groups is 1. The fourth-order valence-corrected chi connectivity index (χ4v) is 1.76. The number of halogens is 1. The summed E-state index contributed by atoms with van der Waals surface area (Å²) in [7, 11) is -2.95. The summed E-state index contributed by atoms with van der Waals surface area (Å²) in [5, 5.41) is 6.18. The molecule has 0 amide bonds. The van der Waals surface area contributed by atoms with Crippen LogP contribution in [0.1, 0.15) is 27.2 Å². The summed E-state index contributed by atoms with van der Waals surface area (Å²) in [6.45, 7) is 8.40. The molecular formula is C12H28IN3O3S. The van der Waals surface area contributed by atoms with E-state index in [0.717, 1.165) is 6.42 Å². The van der Waals surface area contributed by atoms with E-state index in [1.165, 1.54) is 6.26 Å². The van der Waals surface area contributed by atoms with Gasteiger partial charge in [0.25, 0.3) is 0 Å². The minimum absolute atomic E-state index is 0. The lowest BCUT2D eigenvalue weighted by atomic mass is 10.4. The molecule has 0 aliphatic carbocycles. The molecule has 0 spiro atoms. The van der Waals surface area contributed by atoms with Crippen molar-refractivity contribution in [2.75, 3.05) is 38.3 Å². The Kier molecular flexibility index (Phi) is 14.0. The Balaban J connectivity index is 0. The lowest BCUT2D eigenvalue weighted by Crippen LogP contribution is -2.42. The van der Waals surface area contributed by atoms with Crippen molar-refractivity contribution in [3.63, 3.8) is 0 Å². The standard InChI is InChI=1S/C12H27N3O3S.HI/c1-5-18-9-6-7-13-12(15-11(2)3)14-8-10-19(4,16)17;/h11H,5-10H2,1-4H3,(H2,13,14,15);1H. The molecule has 0 aromatic rings. The summed E-state index contributed by atoms with van der Waals surface area (Å²) in [4.78, 5) is 4.37. The van der Waals surface area contributed by atoms with Crippen LogP contribution in [0.3, 0.4) is 0 Å². The van der Waals surface area contributed by atoms with Gasteiger partial charge in [0.05, 0.1) is 5.75 Å². The molecule has 0 heterocycles. The average Bonchev–Trinajstić information content (AvgIpc) is 2.26. The molecule has 0 aliphatic rings. The minimum atomic E-state index is -2.95. The van der Waals surface area contributed by atoms with Crippen molar-refractivity contribution >= 4 is 39.8 Å². The van der Waals surface area contributed by atoms with Gasteiger partial charge in [0.15, 0.2) is 5.96 Å². The van der Waals surface area contributed by atoms with Crippen molar-refractivity contribution in [1.29, 1.82) is 0 Å². The monoisotopic (exact) mass is 421 g/mol. The van der Waals surface area contributed by atoms with Crippen molar-refractivity contribution in [1.82, 2.24) is 10.6 Å². The smallest absolute Gasteiger partial charge is 0.191 e. The van der Waals surface area contributed by atoms with E-state index in [2.05, 4.69) is 15.6 Å². The third kappa shape index (κ3) is 16.0. The van der Waals surface area contributed by atoms with Crippen LogP contribution in [0.5, 0.6) is 0 Å². The van der Waals surface area contributed by atoms with E-state index in [1.54, 1.807) is 0 Å². The molecular weight excluding hydrogens is 393 g/mol. The van der Waals surface area contributed by atoms with E-state index >= 15 is 0 Å². The molecule has 0 bridgehead atoms. The highest BCUT2D eigenvalue weighted by Crippen LogP contribution is 1.87. The molecule has 2 N–H and O–H groups in total. The van der Waals surface area contributed by atoms with Gasteiger partial charge in [-0.1, -0.05) is 0 Å². The van der Waals surface area contributed by atoms with Crippen molar-refractivity contribution in [2.45, 2.75) is 33.2 Å². The van der Waals surface area contributed by atoms with Crippen LogP contribution < -0.4 is 10.6 Å². The summed E-state index contributed by atoms with van der Waals surface area (Å²) in [6, 6.07) is 0.247. The molecule has 0 aliphatic heterocycles. The average molecular weight is 421 g/mol. The van der Waals surface area contributed by atoms with Gasteiger partial charge in [-0.3, -0.25) is 4.99 Å². The first-order chi connectivity index (χ1) is 8.85. The Hall–Kier alpha value is -0.0900. The van der Waals surface area contributed by atoms with E-state index in [1.807, 2.05) is 20.8 Å². The van der Waals surface area contributed by atoms with Gasteiger partial charge in [0.1, 0.15) is 9.84 Å². The van der Waals surface area contributed by atoms with Crippen LogP contribution >= 0.6 is 24.0 Å². The maximum Gasteiger partial charge on any atom is 0.191 e. The highest BCUT2D eigenvalue weighted by Gasteiger charge is 2.04. The zero-order chi connectivity index (χ0) is 14.7. The molecule has 122 valence electrons. The quantitative estimate of drug-likeness (QED) is 0.252. The number of sulfone groups is 1. The Morgan fingerprint density at radius 2 is 2.00 bits per heavy atom. The Morgan fingerprint density at radius 1 is 1.35 bits per heavy atom. The van der Waals surface area contributed by atoms with Crippen LogP contribution in [0.25, 0.3) is 0 Å². The number of hydrogen-bond donors (Lipinski definition) is 2. The first-order valence-electron chi connectivity index (χ1n) is 6.65. The lowest BCUT2D eigenvalue weighted by Gasteiger charge is -2.14. The molecule has 0 radical (unpaired) electrons. The Morgan fingerprint density at radius 3 is 2.50 bits per heavy atom. The summed E-state index contributed by atoms with van der Waals surface area (Å²) in [6.07, 6.45) is 2.08. The molecule has 6 nitrogen and oxygen atoms in total. The molecule has 0 fully saturated rings. The van der Waals surface area contributed by atoms with Crippen LogP contribution in [-0.4, -0.2) is 58.7 Å². The van der Waals surface area contributed by atoms with Crippen molar-refractivity contribution in [3.05, 3.63) is 0 Å². The summed E-state index contributed by atoms with van der Waals surface area (Å²) < 4.78 is 27.3. The predicted octanol–water partition coefficient (Wildman–Crippen LogP) is 1.02. The minimum Gasteiger partial charge on any atom is -0.382 e. The molecule has 0 saturated heterocycles. The van der Waals surface area contributed by atoms with Gasteiger partial charge in [0.2, 0.25) is 0 Å². The second kappa shape index (κ2) is 12.6. The maximum atomic E-state index is 11.1. The van der Waals surface area contributed by atoms with Crippen LogP contribution in [0.4, 0.5) is 0 Å². The normalized spacial score (nSPS) is 12.2. The van der Waals surface area contributed by atoms with E-state index in [0.29, 0.717) is 32.3 Å². The number of rotatable bonds is 9.